The van der Waals surface area contributed by atoms with Crippen molar-refractivity contribution in [2.24, 2.45) is 0 Å². The topological polar surface area (TPSA) is 72.6 Å². The summed E-state index contributed by atoms with van der Waals surface area (Å²) in [5.74, 6) is 0. The van der Waals surface area contributed by atoms with E-state index in [1.54, 1.807) is 0 Å². The van der Waals surface area contributed by atoms with E-state index in [2.05, 4.69) is 22.5 Å². The first-order valence-electron chi connectivity index (χ1n) is 5.69. The summed E-state index contributed by atoms with van der Waals surface area (Å²) >= 11 is 9.08. The maximum atomic E-state index is 12.6. The number of rotatable bonds is 7. The van der Waals surface area contributed by atoms with Crippen molar-refractivity contribution in [2.75, 3.05) is 32.5 Å². The van der Waals surface area contributed by atoms with Crippen LogP contribution in [0.15, 0.2) is 34.2 Å². The highest BCUT2D eigenvalue weighted by atomic mass is 79.9. The van der Waals surface area contributed by atoms with Crippen molar-refractivity contribution in [1.82, 2.24) is 4.31 Å². The highest BCUT2D eigenvalue weighted by Crippen LogP contribution is 2.33. The highest BCUT2D eigenvalue weighted by molar-refractivity contribution is 9.10. The van der Waals surface area contributed by atoms with Gasteiger partial charge in [0, 0.05) is 30.9 Å². The van der Waals surface area contributed by atoms with Gasteiger partial charge >= 0.3 is 0 Å². The molecule has 0 atom stereocenters. The van der Waals surface area contributed by atoms with Crippen molar-refractivity contribution >= 4 is 43.2 Å². The van der Waals surface area contributed by atoms with Crippen LogP contribution < -0.4 is 5.73 Å². The molecule has 8 heteroatoms. The van der Waals surface area contributed by atoms with Gasteiger partial charge in [-0.1, -0.05) is 17.7 Å². The minimum Gasteiger partial charge on any atom is -0.398 e. The highest BCUT2D eigenvalue weighted by Gasteiger charge is 2.27. The maximum absolute atomic E-state index is 12.6. The molecule has 0 spiro atoms. The van der Waals surface area contributed by atoms with Gasteiger partial charge in [0.2, 0.25) is 10.0 Å². The predicted octanol–water partition coefficient (Wildman–Crippen LogP) is 2.51. The summed E-state index contributed by atoms with van der Waals surface area (Å²) in [5.41, 5.74) is 6.00. The smallest absolute Gasteiger partial charge is 0.244 e. The van der Waals surface area contributed by atoms with Crippen LogP contribution in [0.1, 0.15) is 0 Å². The van der Waals surface area contributed by atoms with Crippen LogP contribution in [0.2, 0.25) is 5.02 Å². The van der Waals surface area contributed by atoms with Gasteiger partial charge in [0.25, 0.3) is 0 Å². The van der Waals surface area contributed by atoms with E-state index >= 15 is 0 Å². The predicted molar refractivity (Wildman–Crippen MR) is 84.4 cm³/mol. The molecule has 1 aromatic carbocycles. The molecule has 0 aliphatic carbocycles. The van der Waals surface area contributed by atoms with E-state index in [1.165, 1.54) is 29.6 Å². The number of sulfonamides is 1. The average Bonchev–Trinajstić information content (AvgIpc) is 2.38. The van der Waals surface area contributed by atoms with Gasteiger partial charge in [0.05, 0.1) is 16.0 Å². The van der Waals surface area contributed by atoms with Gasteiger partial charge in [0.1, 0.15) is 0 Å². The summed E-state index contributed by atoms with van der Waals surface area (Å²) in [6, 6.07) is 2.85. The number of benzene rings is 1. The van der Waals surface area contributed by atoms with E-state index < -0.39 is 10.0 Å². The number of nitrogens with zero attached hydrogens (tertiary/aromatic N) is 1. The Morgan fingerprint density at radius 1 is 1.55 bits per heavy atom. The van der Waals surface area contributed by atoms with E-state index in [0.717, 1.165) is 0 Å². The Hall–Kier alpha value is -0.600. The summed E-state index contributed by atoms with van der Waals surface area (Å²) in [6.45, 7) is 4.23. The van der Waals surface area contributed by atoms with Crippen LogP contribution in [0, 0.1) is 0 Å². The van der Waals surface area contributed by atoms with E-state index in [-0.39, 0.29) is 35.3 Å². The van der Waals surface area contributed by atoms with Crippen molar-refractivity contribution in [1.29, 1.82) is 0 Å². The molecular weight excluding hydrogens is 368 g/mol. The fourth-order valence-electron chi connectivity index (χ4n) is 1.56. The summed E-state index contributed by atoms with van der Waals surface area (Å²) in [5, 5.41) is 0.259. The average molecular weight is 384 g/mol. The first-order chi connectivity index (χ1) is 9.34. The zero-order valence-electron chi connectivity index (χ0n) is 11.0. The second kappa shape index (κ2) is 7.42. The quantitative estimate of drug-likeness (QED) is 0.580. The number of methoxy groups -OCH3 is 1. The van der Waals surface area contributed by atoms with Crippen LogP contribution >= 0.6 is 27.5 Å². The van der Waals surface area contributed by atoms with E-state index in [0.29, 0.717) is 4.47 Å². The Balaban J connectivity index is 3.28. The number of nitrogens with two attached hydrogens (primary N) is 1. The Morgan fingerprint density at radius 2 is 2.20 bits per heavy atom. The van der Waals surface area contributed by atoms with Crippen molar-refractivity contribution in [2.45, 2.75) is 4.90 Å². The van der Waals surface area contributed by atoms with Crippen LogP contribution in [0.3, 0.4) is 0 Å². The maximum Gasteiger partial charge on any atom is 0.244 e. The number of anilines is 1. The SMILES string of the molecule is C=CCN(CCOC)S(=O)(=O)c1cc(Cl)cc(N)c1Br. The third-order valence-electron chi connectivity index (χ3n) is 2.53. The molecule has 0 aliphatic heterocycles. The standard InChI is InChI=1S/C12H16BrClN2O3S/c1-3-4-16(5-6-19-2)20(17,18)11-8-9(14)7-10(15)12(11)13/h3,7-8H,1,4-6,15H2,2H3. The second-order valence-electron chi connectivity index (χ2n) is 3.95. The number of nitrogen functional groups attached to an aromatic ring is 1. The molecule has 2 N–H and O–H groups in total. The third-order valence-corrected chi connectivity index (χ3v) is 5.78. The van der Waals surface area contributed by atoms with E-state index in [4.69, 9.17) is 22.1 Å². The largest absolute Gasteiger partial charge is 0.398 e. The number of halogens is 2. The lowest BCUT2D eigenvalue weighted by atomic mass is 10.3. The van der Waals surface area contributed by atoms with E-state index in [9.17, 15) is 8.42 Å². The molecule has 0 amide bonds. The molecule has 0 unspecified atom stereocenters. The number of ether oxygens (including phenoxy) is 1. The molecule has 1 rings (SSSR count). The van der Waals surface area contributed by atoms with Gasteiger partial charge in [-0.25, -0.2) is 8.42 Å². The summed E-state index contributed by atoms with van der Waals surface area (Å²) in [6.07, 6.45) is 1.51. The fourth-order valence-corrected chi connectivity index (χ4v) is 4.21. The number of hydrogen-bond donors (Lipinski definition) is 1. The molecule has 0 heterocycles. The molecule has 0 aliphatic rings. The van der Waals surface area contributed by atoms with Crippen LogP contribution in [0.5, 0.6) is 0 Å². The zero-order chi connectivity index (χ0) is 15.3. The molecule has 0 bridgehead atoms. The van der Waals surface area contributed by atoms with Gasteiger partial charge < -0.3 is 10.5 Å². The normalized spacial score (nSPS) is 11.8. The minimum atomic E-state index is -3.74. The summed E-state index contributed by atoms with van der Waals surface area (Å²) in [4.78, 5) is 0.0282. The van der Waals surface area contributed by atoms with Crippen molar-refractivity contribution in [3.8, 4) is 0 Å². The van der Waals surface area contributed by atoms with Crippen molar-refractivity contribution in [3.05, 3.63) is 34.3 Å². The Bertz CT molecular complexity index is 593. The molecule has 0 aromatic heterocycles. The molecule has 0 fully saturated rings. The molecule has 0 radical (unpaired) electrons. The molecule has 5 nitrogen and oxygen atoms in total. The molecule has 1 aromatic rings. The molecule has 112 valence electrons. The van der Waals surface area contributed by atoms with E-state index in [1.807, 2.05) is 0 Å². The lowest BCUT2D eigenvalue weighted by Gasteiger charge is -2.21. The lowest BCUT2D eigenvalue weighted by Crippen LogP contribution is -2.34. The van der Waals surface area contributed by atoms with Crippen molar-refractivity contribution in [3.63, 3.8) is 0 Å². The van der Waals surface area contributed by atoms with Crippen LogP contribution in [-0.4, -0.2) is 39.5 Å². The first kappa shape index (κ1) is 17.5. The second-order valence-corrected chi connectivity index (χ2v) is 7.09. The van der Waals surface area contributed by atoms with Gasteiger partial charge in [-0.3, -0.25) is 0 Å². The summed E-state index contributed by atoms with van der Waals surface area (Å²) < 4.78 is 31.7. The Labute approximate surface area is 132 Å². The van der Waals surface area contributed by atoms with Crippen molar-refractivity contribution < 1.29 is 13.2 Å². The zero-order valence-corrected chi connectivity index (χ0v) is 14.1. The van der Waals surface area contributed by atoms with Gasteiger partial charge in [-0.15, -0.1) is 6.58 Å². The molecule has 0 saturated carbocycles. The molecule has 0 saturated heterocycles. The van der Waals surface area contributed by atoms with Gasteiger partial charge in [-0.05, 0) is 28.1 Å². The Kier molecular flexibility index (Phi) is 6.47. The van der Waals surface area contributed by atoms with Gasteiger partial charge in [0.15, 0.2) is 0 Å². The summed E-state index contributed by atoms with van der Waals surface area (Å²) in [7, 11) is -2.23. The van der Waals surface area contributed by atoms with Crippen LogP contribution in [0.25, 0.3) is 0 Å². The third kappa shape index (κ3) is 3.95. The van der Waals surface area contributed by atoms with Gasteiger partial charge in [-0.2, -0.15) is 4.31 Å². The molecular formula is C12H16BrClN2O3S. The van der Waals surface area contributed by atoms with Crippen LogP contribution in [-0.2, 0) is 14.8 Å². The number of hydrogen-bond acceptors (Lipinski definition) is 4. The Morgan fingerprint density at radius 3 is 2.75 bits per heavy atom. The monoisotopic (exact) mass is 382 g/mol. The fraction of sp³-hybridized carbons (Fsp3) is 0.333. The first-order valence-corrected chi connectivity index (χ1v) is 8.30. The lowest BCUT2D eigenvalue weighted by molar-refractivity contribution is 0.182. The van der Waals surface area contributed by atoms with Crippen LogP contribution in [0.4, 0.5) is 5.69 Å². The minimum absolute atomic E-state index is 0.0282. The molecule has 20 heavy (non-hydrogen) atoms.